The topological polar surface area (TPSA) is 85.2 Å². The Morgan fingerprint density at radius 2 is 2.31 bits per heavy atom. The second kappa shape index (κ2) is 2.91. The van der Waals surface area contributed by atoms with E-state index in [1.165, 1.54) is 0 Å². The lowest BCUT2D eigenvalue weighted by Gasteiger charge is -2.23. The minimum atomic E-state index is -1.75. The first kappa shape index (κ1) is 8.89. The van der Waals surface area contributed by atoms with Crippen LogP contribution in [0.4, 0.5) is 0 Å². The Hall–Kier alpha value is -0.690. The second-order valence-electron chi connectivity index (χ2n) is 3.16. The van der Waals surface area contributed by atoms with E-state index in [-0.39, 0.29) is 19.7 Å². The Kier molecular flexibility index (Phi) is 1.99. The zero-order valence-corrected chi connectivity index (χ0v) is 6.75. The van der Waals surface area contributed by atoms with Crippen LogP contribution in [0.3, 0.4) is 0 Å². The number of fused-ring (bicyclic) bond motifs is 1. The van der Waals surface area contributed by atoms with Crippen LogP contribution in [0.1, 0.15) is 0 Å². The van der Waals surface area contributed by atoms with Gasteiger partial charge in [-0.05, 0) is 0 Å². The van der Waals surface area contributed by atoms with Crippen molar-refractivity contribution < 1.29 is 29.2 Å². The smallest absolute Gasteiger partial charge is 0.295 e. The van der Waals surface area contributed by atoms with Crippen molar-refractivity contribution in [1.82, 2.24) is 0 Å². The van der Waals surface area contributed by atoms with Gasteiger partial charge in [-0.2, -0.15) is 0 Å². The highest BCUT2D eigenvalue weighted by Gasteiger charge is 2.57. The molecule has 0 unspecified atom stereocenters. The van der Waals surface area contributed by atoms with Crippen LogP contribution in [-0.2, 0) is 19.0 Å². The average molecular weight is 190 g/mol. The van der Waals surface area contributed by atoms with Gasteiger partial charge in [0, 0.05) is 0 Å². The molecule has 0 aromatic heterocycles. The Morgan fingerprint density at radius 1 is 1.54 bits per heavy atom. The van der Waals surface area contributed by atoms with Crippen molar-refractivity contribution in [3.63, 3.8) is 0 Å². The van der Waals surface area contributed by atoms with Gasteiger partial charge in [-0.25, -0.2) is 0 Å². The molecule has 2 N–H and O–H groups in total. The summed E-state index contributed by atoms with van der Waals surface area (Å²) < 4.78 is 14.6. The molecule has 0 saturated carbocycles. The van der Waals surface area contributed by atoms with Crippen molar-refractivity contribution in [2.75, 3.05) is 13.2 Å². The number of aliphatic hydroxyl groups excluding tert-OH is 1. The van der Waals surface area contributed by atoms with Gasteiger partial charge in [0.05, 0.1) is 6.61 Å². The van der Waals surface area contributed by atoms with Crippen LogP contribution in [0, 0.1) is 0 Å². The maximum atomic E-state index is 10.1. The van der Waals surface area contributed by atoms with E-state index in [9.17, 15) is 15.0 Å². The molecule has 2 aliphatic rings. The molecule has 2 heterocycles. The molecule has 0 aromatic carbocycles. The minimum Gasteiger partial charge on any atom is -0.430 e. The van der Waals surface area contributed by atoms with Gasteiger partial charge in [0.2, 0.25) is 0 Å². The summed E-state index contributed by atoms with van der Waals surface area (Å²) in [4.78, 5) is 10.1. The molecule has 2 fully saturated rings. The molecule has 2 aliphatic heterocycles. The van der Waals surface area contributed by atoms with E-state index < -0.39 is 24.1 Å². The Labute approximate surface area is 74.0 Å². The van der Waals surface area contributed by atoms with Gasteiger partial charge in [-0.3, -0.25) is 4.79 Å². The second-order valence-corrected chi connectivity index (χ2v) is 3.16. The van der Waals surface area contributed by atoms with E-state index in [1.54, 1.807) is 0 Å². The molecule has 0 aliphatic carbocycles. The summed E-state index contributed by atoms with van der Waals surface area (Å²) in [6, 6.07) is 0. The summed E-state index contributed by atoms with van der Waals surface area (Å²) in [6.45, 7) is 0.0534. The van der Waals surface area contributed by atoms with Gasteiger partial charge in [0.1, 0.15) is 18.8 Å². The van der Waals surface area contributed by atoms with Gasteiger partial charge in [0.25, 0.3) is 12.3 Å². The van der Waals surface area contributed by atoms with E-state index in [2.05, 4.69) is 4.74 Å². The molecule has 6 nitrogen and oxygen atoms in total. The largest absolute Gasteiger partial charge is 0.430 e. The molecule has 13 heavy (non-hydrogen) atoms. The molecule has 0 amide bonds. The van der Waals surface area contributed by atoms with Crippen molar-refractivity contribution in [3.05, 3.63) is 0 Å². The van der Waals surface area contributed by atoms with Gasteiger partial charge in [-0.15, -0.1) is 0 Å². The predicted molar refractivity (Wildman–Crippen MR) is 37.6 cm³/mol. The van der Waals surface area contributed by atoms with Gasteiger partial charge < -0.3 is 24.4 Å². The van der Waals surface area contributed by atoms with Crippen molar-refractivity contribution in [2.24, 2.45) is 0 Å². The molecule has 2 saturated heterocycles. The third-order valence-corrected chi connectivity index (χ3v) is 2.30. The summed E-state index contributed by atoms with van der Waals surface area (Å²) in [7, 11) is 0. The standard InChI is InChI=1S/C7H10O6/c8-3-13-7(10)2-12-5-4(9)1-11-6(5)7/h3-6,9-10H,1-2H2/t4-,5-,6+,7+/m1/s1. The SMILES string of the molecule is O=CO[C@@]1(O)CO[C@@H]2[C@H](O)CO[C@@H]21. The molecule has 6 heteroatoms. The number of hydrogen-bond acceptors (Lipinski definition) is 6. The normalized spacial score (nSPS) is 48.9. The summed E-state index contributed by atoms with van der Waals surface area (Å²) in [5.41, 5.74) is 0. The van der Waals surface area contributed by atoms with E-state index >= 15 is 0 Å². The van der Waals surface area contributed by atoms with Crippen LogP contribution in [0.15, 0.2) is 0 Å². The van der Waals surface area contributed by atoms with E-state index in [1.807, 2.05) is 0 Å². The van der Waals surface area contributed by atoms with Crippen LogP contribution in [0.25, 0.3) is 0 Å². The number of hydrogen-bond donors (Lipinski definition) is 2. The first-order valence-corrected chi connectivity index (χ1v) is 3.92. The molecule has 0 radical (unpaired) electrons. The molecule has 4 atom stereocenters. The highest BCUT2D eigenvalue weighted by Crippen LogP contribution is 2.34. The third-order valence-electron chi connectivity index (χ3n) is 2.30. The van der Waals surface area contributed by atoms with Crippen LogP contribution >= 0.6 is 0 Å². The van der Waals surface area contributed by atoms with Gasteiger partial charge in [0.15, 0.2) is 6.10 Å². The maximum Gasteiger partial charge on any atom is 0.295 e. The molecule has 0 bridgehead atoms. The summed E-state index contributed by atoms with van der Waals surface area (Å²) in [5, 5.41) is 19.0. The lowest BCUT2D eigenvalue weighted by Crippen LogP contribution is -2.45. The van der Waals surface area contributed by atoms with E-state index in [0.29, 0.717) is 0 Å². The molecular weight excluding hydrogens is 180 g/mol. The lowest BCUT2D eigenvalue weighted by atomic mass is 10.1. The fraction of sp³-hybridized carbons (Fsp3) is 0.857. The monoisotopic (exact) mass is 190 g/mol. The van der Waals surface area contributed by atoms with Gasteiger partial charge in [-0.1, -0.05) is 0 Å². The molecule has 2 rings (SSSR count). The van der Waals surface area contributed by atoms with Crippen LogP contribution in [0.2, 0.25) is 0 Å². The van der Waals surface area contributed by atoms with Crippen molar-refractivity contribution >= 4 is 6.47 Å². The number of carbonyl (C=O) groups excluding carboxylic acids is 1. The predicted octanol–water partition coefficient (Wildman–Crippen LogP) is -1.99. The Morgan fingerprint density at radius 3 is 3.00 bits per heavy atom. The highest BCUT2D eigenvalue weighted by atomic mass is 16.7. The lowest BCUT2D eigenvalue weighted by molar-refractivity contribution is -0.227. The summed E-state index contributed by atoms with van der Waals surface area (Å²) in [5.74, 6) is -1.75. The number of carbonyl (C=O) groups is 1. The number of aliphatic hydroxyl groups is 2. The van der Waals surface area contributed by atoms with Crippen molar-refractivity contribution in [3.8, 4) is 0 Å². The van der Waals surface area contributed by atoms with E-state index in [4.69, 9.17) is 9.47 Å². The quantitative estimate of drug-likeness (QED) is 0.387. The minimum absolute atomic E-state index is 0.0832. The van der Waals surface area contributed by atoms with Crippen molar-refractivity contribution in [2.45, 2.75) is 24.1 Å². The maximum absolute atomic E-state index is 10.1. The molecule has 0 spiro atoms. The Balaban J connectivity index is 2.13. The number of ether oxygens (including phenoxy) is 3. The summed E-state index contributed by atoms with van der Waals surface area (Å²) >= 11 is 0. The van der Waals surface area contributed by atoms with Crippen LogP contribution in [0.5, 0.6) is 0 Å². The van der Waals surface area contributed by atoms with Gasteiger partial charge >= 0.3 is 0 Å². The summed E-state index contributed by atoms with van der Waals surface area (Å²) in [6.07, 6.45) is -2.16. The zero-order chi connectivity index (χ0) is 9.47. The Bertz CT molecular complexity index is 219. The van der Waals surface area contributed by atoms with E-state index in [0.717, 1.165) is 0 Å². The molecular formula is C7H10O6. The molecule has 0 aromatic rings. The van der Waals surface area contributed by atoms with Crippen LogP contribution < -0.4 is 0 Å². The average Bonchev–Trinajstić information content (AvgIpc) is 2.58. The van der Waals surface area contributed by atoms with Crippen LogP contribution in [-0.4, -0.2) is 54.0 Å². The fourth-order valence-corrected chi connectivity index (χ4v) is 1.66. The molecule has 74 valence electrons. The third kappa shape index (κ3) is 1.22. The van der Waals surface area contributed by atoms with Crippen molar-refractivity contribution in [1.29, 1.82) is 0 Å². The first-order chi connectivity index (χ1) is 6.17. The fourth-order valence-electron chi connectivity index (χ4n) is 1.66. The number of rotatable bonds is 2. The zero-order valence-electron chi connectivity index (χ0n) is 6.75. The first-order valence-electron chi connectivity index (χ1n) is 3.92. The highest BCUT2D eigenvalue weighted by molar-refractivity contribution is 5.38.